The Hall–Kier alpha value is -1.28. The van der Waals surface area contributed by atoms with Gasteiger partial charge in [-0.3, -0.25) is 9.10 Å². The molecule has 0 amide bonds. The van der Waals surface area contributed by atoms with Crippen molar-refractivity contribution in [2.24, 2.45) is 0 Å². The maximum Gasteiger partial charge on any atom is 0.326 e. The molecule has 0 spiro atoms. The summed E-state index contributed by atoms with van der Waals surface area (Å²) in [6, 6.07) is 10.7. The number of esters is 1. The van der Waals surface area contributed by atoms with Crippen molar-refractivity contribution in [1.82, 2.24) is 0 Å². The minimum Gasteiger partial charge on any atom is -0.465 e. The summed E-state index contributed by atoms with van der Waals surface area (Å²) < 4.78 is 32.7. The lowest BCUT2D eigenvalue weighted by molar-refractivity contribution is -0.141. The van der Waals surface area contributed by atoms with Gasteiger partial charge >= 0.3 is 5.97 Å². The molecule has 0 N–H and O–H groups in total. The fraction of sp³-hybridized carbons (Fsp3) is 0.188. The van der Waals surface area contributed by atoms with Crippen LogP contribution in [0.1, 0.15) is 6.92 Å². The molecule has 5 nitrogen and oxygen atoms in total. The maximum absolute atomic E-state index is 13.1. The van der Waals surface area contributed by atoms with E-state index >= 15 is 0 Å². The van der Waals surface area contributed by atoms with E-state index in [9.17, 15) is 13.2 Å². The SMILES string of the molecule is CCOC(=O)CN(c1cccc(Br)c1)S(=O)(=O)c1cc(Cl)ccc1Cl. The van der Waals surface area contributed by atoms with Gasteiger partial charge in [0.05, 0.1) is 17.3 Å². The first-order valence-corrected chi connectivity index (χ1v) is 10.1. The average molecular weight is 467 g/mol. The predicted molar refractivity (Wildman–Crippen MR) is 102 cm³/mol. The highest BCUT2D eigenvalue weighted by Gasteiger charge is 2.30. The largest absolute Gasteiger partial charge is 0.465 e. The summed E-state index contributed by atoms with van der Waals surface area (Å²) in [4.78, 5) is 11.8. The molecular formula is C16H14BrCl2NO4S. The number of carbonyl (C=O) groups is 1. The number of hydrogen-bond donors (Lipinski definition) is 0. The van der Waals surface area contributed by atoms with Crippen LogP contribution < -0.4 is 4.31 Å². The monoisotopic (exact) mass is 465 g/mol. The van der Waals surface area contributed by atoms with E-state index in [2.05, 4.69) is 15.9 Å². The number of ether oxygens (including phenoxy) is 1. The maximum atomic E-state index is 13.1. The van der Waals surface area contributed by atoms with Gasteiger partial charge in [0.2, 0.25) is 0 Å². The minimum absolute atomic E-state index is 0.00764. The van der Waals surface area contributed by atoms with Crippen molar-refractivity contribution in [3.05, 3.63) is 57.0 Å². The van der Waals surface area contributed by atoms with Crippen LogP contribution in [-0.4, -0.2) is 27.5 Å². The Balaban J connectivity index is 2.57. The van der Waals surface area contributed by atoms with Crippen LogP contribution in [-0.2, 0) is 19.6 Å². The lowest BCUT2D eigenvalue weighted by atomic mass is 10.3. The molecule has 0 aliphatic heterocycles. The molecule has 2 aromatic rings. The van der Waals surface area contributed by atoms with Gasteiger partial charge in [0, 0.05) is 9.50 Å². The summed E-state index contributed by atoms with van der Waals surface area (Å²) >= 11 is 15.3. The molecule has 0 saturated carbocycles. The van der Waals surface area contributed by atoms with Crippen molar-refractivity contribution in [3.63, 3.8) is 0 Å². The van der Waals surface area contributed by atoms with Gasteiger partial charge in [-0.2, -0.15) is 0 Å². The third-order valence-corrected chi connectivity index (χ3v) is 6.12. The topological polar surface area (TPSA) is 63.7 Å². The van der Waals surface area contributed by atoms with Gasteiger partial charge in [-0.05, 0) is 43.3 Å². The highest BCUT2D eigenvalue weighted by Crippen LogP contribution is 2.31. The van der Waals surface area contributed by atoms with Crippen LogP contribution in [0.2, 0.25) is 10.0 Å². The van der Waals surface area contributed by atoms with Crippen LogP contribution in [0.4, 0.5) is 5.69 Å². The van der Waals surface area contributed by atoms with Crippen molar-refractivity contribution in [1.29, 1.82) is 0 Å². The summed E-state index contributed by atoms with van der Waals surface area (Å²) in [6.45, 7) is 1.29. The van der Waals surface area contributed by atoms with Crippen LogP contribution in [0.3, 0.4) is 0 Å². The number of benzene rings is 2. The quantitative estimate of drug-likeness (QED) is 0.587. The Morgan fingerprint density at radius 1 is 1.20 bits per heavy atom. The van der Waals surface area contributed by atoms with Gasteiger partial charge in [0.15, 0.2) is 0 Å². The molecule has 0 aromatic heterocycles. The Bertz CT molecular complexity index is 889. The number of hydrogen-bond acceptors (Lipinski definition) is 4. The second-order valence-electron chi connectivity index (χ2n) is 4.87. The minimum atomic E-state index is -4.14. The molecule has 0 aliphatic carbocycles. The van der Waals surface area contributed by atoms with E-state index in [4.69, 9.17) is 27.9 Å². The Labute approximate surface area is 164 Å². The number of carbonyl (C=O) groups excluding carboxylic acids is 1. The molecule has 0 radical (unpaired) electrons. The lowest BCUT2D eigenvalue weighted by Gasteiger charge is -2.24. The average Bonchev–Trinajstić information content (AvgIpc) is 2.55. The number of anilines is 1. The van der Waals surface area contributed by atoms with Gasteiger partial charge < -0.3 is 4.74 Å². The van der Waals surface area contributed by atoms with Crippen LogP contribution in [0.15, 0.2) is 51.8 Å². The third-order valence-electron chi connectivity index (χ3n) is 3.14. The van der Waals surface area contributed by atoms with Gasteiger partial charge in [0.1, 0.15) is 11.4 Å². The summed E-state index contributed by atoms with van der Waals surface area (Å²) in [7, 11) is -4.14. The van der Waals surface area contributed by atoms with Gasteiger partial charge in [-0.25, -0.2) is 8.42 Å². The molecule has 0 bridgehead atoms. The molecule has 9 heteroatoms. The van der Waals surface area contributed by atoms with Crippen molar-refractivity contribution >= 4 is 60.8 Å². The Morgan fingerprint density at radius 2 is 1.92 bits per heavy atom. The van der Waals surface area contributed by atoms with Crippen LogP contribution in [0, 0.1) is 0 Å². The molecule has 0 fully saturated rings. The van der Waals surface area contributed by atoms with Crippen molar-refractivity contribution in [2.45, 2.75) is 11.8 Å². The summed E-state index contributed by atoms with van der Waals surface area (Å²) in [5, 5.41) is 0.224. The van der Waals surface area contributed by atoms with E-state index in [0.717, 1.165) is 4.31 Å². The molecule has 0 saturated heterocycles. The van der Waals surface area contributed by atoms with Gasteiger partial charge in [-0.15, -0.1) is 0 Å². The standard InChI is InChI=1S/C16H14BrCl2NO4S/c1-2-24-16(21)10-20(13-5-3-4-11(17)8-13)25(22,23)15-9-12(18)6-7-14(15)19/h3-9H,2,10H2,1H3. The highest BCUT2D eigenvalue weighted by atomic mass is 79.9. The first-order valence-electron chi connectivity index (χ1n) is 7.14. The van der Waals surface area contributed by atoms with Gasteiger partial charge in [-0.1, -0.05) is 45.2 Å². The van der Waals surface area contributed by atoms with Crippen LogP contribution in [0.25, 0.3) is 0 Å². The van der Waals surface area contributed by atoms with Crippen molar-refractivity contribution in [3.8, 4) is 0 Å². The third kappa shape index (κ3) is 4.88. The zero-order chi connectivity index (χ0) is 18.6. The zero-order valence-corrected chi connectivity index (χ0v) is 17.0. The summed E-state index contributed by atoms with van der Waals surface area (Å²) in [5.74, 6) is -0.677. The van der Waals surface area contributed by atoms with E-state index < -0.39 is 22.5 Å². The van der Waals surface area contributed by atoms with Gasteiger partial charge in [0.25, 0.3) is 10.0 Å². The second kappa shape index (κ2) is 8.40. The Morgan fingerprint density at radius 3 is 2.56 bits per heavy atom. The molecular weight excluding hydrogens is 453 g/mol. The first-order chi connectivity index (χ1) is 11.8. The smallest absolute Gasteiger partial charge is 0.326 e. The summed E-state index contributed by atoms with van der Waals surface area (Å²) in [5.41, 5.74) is 0.290. The lowest BCUT2D eigenvalue weighted by Crippen LogP contribution is -2.36. The first kappa shape index (κ1) is 20.0. The number of rotatable bonds is 6. The highest BCUT2D eigenvalue weighted by molar-refractivity contribution is 9.10. The number of halogens is 3. The van der Waals surface area contributed by atoms with E-state index in [1.54, 1.807) is 31.2 Å². The fourth-order valence-corrected chi connectivity index (χ4v) is 4.59. The Kier molecular flexibility index (Phi) is 6.73. The summed E-state index contributed by atoms with van der Waals surface area (Å²) in [6.07, 6.45) is 0. The van der Waals surface area contributed by atoms with Crippen molar-refractivity contribution in [2.75, 3.05) is 17.5 Å². The van der Waals surface area contributed by atoms with E-state index in [0.29, 0.717) is 10.2 Å². The predicted octanol–water partition coefficient (Wildman–Crippen LogP) is 4.51. The normalized spacial score (nSPS) is 11.2. The van der Waals surface area contributed by atoms with Crippen LogP contribution >= 0.6 is 39.1 Å². The number of sulfonamides is 1. The second-order valence-corrected chi connectivity index (χ2v) is 8.46. The van der Waals surface area contributed by atoms with Crippen molar-refractivity contribution < 1.29 is 17.9 Å². The molecule has 0 atom stereocenters. The molecule has 0 aliphatic rings. The molecule has 25 heavy (non-hydrogen) atoms. The molecule has 134 valence electrons. The van der Waals surface area contributed by atoms with E-state index in [1.165, 1.54) is 18.2 Å². The zero-order valence-electron chi connectivity index (χ0n) is 13.1. The molecule has 2 rings (SSSR count). The molecule has 0 heterocycles. The molecule has 0 unspecified atom stereocenters. The van der Waals surface area contributed by atoms with Crippen LogP contribution in [0.5, 0.6) is 0 Å². The fourth-order valence-electron chi connectivity index (χ4n) is 2.06. The van der Waals surface area contributed by atoms with E-state index in [1.807, 2.05) is 0 Å². The molecule has 2 aromatic carbocycles. The number of nitrogens with zero attached hydrogens (tertiary/aromatic N) is 1. The van der Waals surface area contributed by atoms with E-state index in [-0.39, 0.29) is 21.5 Å².